The van der Waals surface area contributed by atoms with Gasteiger partial charge in [-0.25, -0.2) is 4.98 Å². The van der Waals surface area contributed by atoms with Gasteiger partial charge in [0.2, 0.25) is 0 Å². The first-order chi connectivity index (χ1) is 18.1. The van der Waals surface area contributed by atoms with Gasteiger partial charge in [0.1, 0.15) is 17.3 Å². The Morgan fingerprint density at radius 2 is 1.76 bits per heavy atom. The Hall–Kier alpha value is -4.53. The van der Waals surface area contributed by atoms with Crippen molar-refractivity contribution in [3.63, 3.8) is 0 Å². The maximum Gasteiger partial charge on any atom is 0.272 e. The molecular formula is C29H33N5O4. The molecule has 0 fully saturated rings. The van der Waals surface area contributed by atoms with Gasteiger partial charge in [-0.15, -0.1) is 0 Å². The van der Waals surface area contributed by atoms with Gasteiger partial charge in [0, 0.05) is 38.8 Å². The lowest BCUT2D eigenvalue weighted by molar-refractivity contribution is 0.0957. The van der Waals surface area contributed by atoms with E-state index in [0.717, 1.165) is 16.5 Å². The summed E-state index contributed by atoms with van der Waals surface area (Å²) in [6.45, 7) is 6.13. The molecule has 9 nitrogen and oxygen atoms in total. The second-order valence-electron chi connectivity index (χ2n) is 9.90. The summed E-state index contributed by atoms with van der Waals surface area (Å²) in [5, 5.41) is 9.47. The van der Waals surface area contributed by atoms with Crippen LogP contribution in [0.3, 0.4) is 0 Å². The Morgan fingerprint density at radius 1 is 1.00 bits per heavy atom. The van der Waals surface area contributed by atoms with Crippen LogP contribution in [0.2, 0.25) is 0 Å². The second-order valence-corrected chi connectivity index (χ2v) is 9.90. The van der Waals surface area contributed by atoms with E-state index in [9.17, 15) is 9.59 Å². The predicted octanol–water partition coefficient (Wildman–Crippen LogP) is 5.33. The van der Waals surface area contributed by atoms with Crippen molar-refractivity contribution < 1.29 is 19.1 Å². The van der Waals surface area contributed by atoms with Crippen LogP contribution in [0.15, 0.2) is 54.7 Å². The smallest absolute Gasteiger partial charge is 0.272 e. The van der Waals surface area contributed by atoms with Crippen LogP contribution in [-0.2, 0) is 12.5 Å². The zero-order valence-electron chi connectivity index (χ0n) is 22.7. The zero-order chi connectivity index (χ0) is 27.6. The first kappa shape index (κ1) is 26.5. The molecule has 2 aromatic heterocycles. The van der Waals surface area contributed by atoms with Crippen molar-refractivity contribution in [1.82, 2.24) is 14.9 Å². The fraction of sp³-hybridized carbons (Fsp3) is 0.276. The number of carbonyl (C=O) groups excluding carboxylic acids is 2. The van der Waals surface area contributed by atoms with E-state index in [1.165, 1.54) is 7.11 Å². The summed E-state index contributed by atoms with van der Waals surface area (Å²) in [7, 11) is 6.64. The van der Waals surface area contributed by atoms with E-state index in [1.807, 2.05) is 58.2 Å². The average Bonchev–Trinajstić information content (AvgIpc) is 3.24. The first-order valence-corrected chi connectivity index (χ1v) is 12.2. The standard InChI is InChI=1S/C29H33N5O4/c1-29(2,3)18-14-20(27(35)31-5)26(37-7)21(15-18)33-28(36)22-13-17-9-8-10-23(25(17)34(22)6)38-19-11-12-32-24(16-19)30-4/h8-16H,1-7H3,(H,30,32)(H,31,35)(H,33,36). The molecule has 0 saturated heterocycles. The third-order valence-corrected chi connectivity index (χ3v) is 6.35. The van der Waals surface area contributed by atoms with Crippen LogP contribution in [0, 0.1) is 0 Å². The minimum atomic E-state index is -0.344. The number of anilines is 2. The summed E-state index contributed by atoms with van der Waals surface area (Å²) in [5.74, 6) is 1.56. The topological polar surface area (TPSA) is 107 Å². The molecular weight excluding hydrogens is 482 g/mol. The maximum absolute atomic E-state index is 13.6. The highest BCUT2D eigenvalue weighted by Crippen LogP contribution is 2.37. The summed E-state index contributed by atoms with van der Waals surface area (Å²) < 4.78 is 13.5. The molecule has 198 valence electrons. The molecule has 0 unspecified atom stereocenters. The van der Waals surface area contributed by atoms with E-state index < -0.39 is 0 Å². The number of nitrogens with one attached hydrogen (secondary N) is 3. The Balaban J connectivity index is 1.75. The third-order valence-electron chi connectivity index (χ3n) is 6.35. The van der Waals surface area contributed by atoms with Gasteiger partial charge in [0.15, 0.2) is 11.5 Å². The number of pyridine rings is 1. The van der Waals surface area contributed by atoms with Gasteiger partial charge >= 0.3 is 0 Å². The summed E-state index contributed by atoms with van der Waals surface area (Å²) in [6, 6.07) is 14.7. The molecule has 2 aromatic carbocycles. The zero-order valence-corrected chi connectivity index (χ0v) is 22.7. The van der Waals surface area contributed by atoms with Crippen LogP contribution in [0.1, 0.15) is 47.2 Å². The van der Waals surface area contributed by atoms with Crippen molar-refractivity contribution in [2.45, 2.75) is 26.2 Å². The number of amides is 2. The number of fused-ring (bicyclic) bond motifs is 1. The largest absolute Gasteiger partial charge is 0.494 e. The molecule has 2 amide bonds. The fourth-order valence-electron chi connectivity index (χ4n) is 4.28. The molecule has 3 N–H and O–H groups in total. The normalized spacial score (nSPS) is 11.2. The number of carbonyl (C=O) groups is 2. The molecule has 38 heavy (non-hydrogen) atoms. The van der Waals surface area contributed by atoms with Crippen molar-refractivity contribution in [1.29, 1.82) is 0 Å². The summed E-state index contributed by atoms with van der Waals surface area (Å²) in [6.07, 6.45) is 1.66. The molecule has 0 aliphatic carbocycles. The SMILES string of the molecule is CNC(=O)c1cc(C(C)(C)C)cc(NC(=O)c2cc3cccc(Oc4ccnc(NC)c4)c3n2C)c1OC. The van der Waals surface area contributed by atoms with Gasteiger partial charge in [0.05, 0.1) is 23.9 Å². The molecule has 4 aromatic rings. The van der Waals surface area contributed by atoms with Crippen molar-refractivity contribution in [3.8, 4) is 17.2 Å². The number of ether oxygens (including phenoxy) is 2. The number of hydrogen-bond acceptors (Lipinski definition) is 6. The molecule has 0 bridgehead atoms. The van der Waals surface area contributed by atoms with Crippen LogP contribution in [0.25, 0.3) is 10.9 Å². The van der Waals surface area contributed by atoms with E-state index in [1.54, 1.807) is 43.1 Å². The van der Waals surface area contributed by atoms with Crippen molar-refractivity contribution in [2.24, 2.45) is 7.05 Å². The van der Waals surface area contributed by atoms with Crippen LogP contribution in [0.4, 0.5) is 11.5 Å². The fourth-order valence-corrected chi connectivity index (χ4v) is 4.28. The van der Waals surface area contributed by atoms with E-state index >= 15 is 0 Å². The van der Waals surface area contributed by atoms with E-state index in [4.69, 9.17) is 9.47 Å². The van der Waals surface area contributed by atoms with Crippen LogP contribution in [-0.4, -0.2) is 42.6 Å². The second kappa shape index (κ2) is 10.5. The van der Waals surface area contributed by atoms with Crippen molar-refractivity contribution >= 4 is 34.2 Å². The number of hydrogen-bond donors (Lipinski definition) is 3. The number of aryl methyl sites for hydroxylation is 1. The number of aromatic nitrogens is 2. The lowest BCUT2D eigenvalue weighted by atomic mass is 9.85. The molecule has 9 heteroatoms. The van der Waals surface area contributed by atoms with E-state index in [-0.39, 0.29) is 17.2 Å². The molecule has 0 atom stereocenters. The van der Waals surface area contributed by atoms with Crippen LogP contribution in [0.5, 0.6) is 17.2 Å². The summed E-state index contributed by atoms with van der Waals surface area (Å²) in [5.41, 5.74) is 2.58. The van der Waals surface area contributed by atoms with E-state index in [0.29, 0.717) is 40.0 Å². The Kier molecular flexibility index (Phi) is 7.30. The lowest BCUT2D eigenvalue weighted by Gasteiger charge is -2.23. The third kappa shape index (κ3) is 5.13. The number of methoxy groups -OCH3 is 1. The van der Waals surface area contributed by atoms with Crippen molar-refractivity contribution in [3.05, 3.63) is 71.5 Å². The number of para-hydroxylation sites is 1. The Labute approximate surface area is 222 Å². The lowest BCUT2D eigenvalue weighted by Crippen LogP contribution is -2.23. The molecule has 0 aliphatic heterocycles. The quantitative estimate of drug-likeness (QED) is 0.307. The molecule has 2 heterocycles. The minimum Gasteiger partial charge on any atom is -0.494 e. The molecule has 4 rings (SSSR count). The molecule has 0 spiro atoms. The summed E-state index contributed by atoms with van der Waals surface area (Å²) in [4.78, 5) is 30.5. The Morgan fingerprint density at radius 3 is 2.42 bits per heavy atom. The van der Waals surface area contributed by atoms with Gasteiger partial charge in [-0.3, -0.25) is 9.59 Å². The van der Waals surface area contributed by atoms with Gasteiger partial charge in [-0.05, 0) is 41.3 Å². The van der Waals surface area contributed by atoms with Gasteiger partial charge in [-0.2, -0.15) is 0 Å². The van der Waals surface area contributed by atoms with Crippen molar-refractivity contribution in [2.75, 3.05) is 31.8 Å². The highest BCUT2D eigenvalue weighted by molar-refractivity contribution is 6.09. The van der Waals surface area contributed by atoms with Gasteiger partial charge in [0.25, 0.3) is 11.8 Å². The minimum absolute atomic E-state index is 0.263. The van der Waals surface area contributed by atoms with Crippen LogP contribution >= 0.6 is 0 Å². The number of nitrogens with zero attached hydrogens (tertiary/aromatic N) is 2. The molecule has 0 saturated carbocycles. The average molecular weight is 516 g/mol. The van der Waals surface area contributed by atoms with Crippen LogP contribution < -0.4 is 25.4 Å². The maximum atomic E-state index is 13.6. The highest BCUT2D eigenvalue weighted by atomic mass is 16.5. The summed E-state index contributed by atoms with van der Waals surface area (Å²) >= 11 is 0. The predicted molar refractivity (Wildman–Crippen MR) is 150 cm³/mol. The van der Waals surface area contributed by atoms with E-state index in [2.05, 4.69) is 20.9 Å². The first-order valence-electron chi connectivity index (χ1n) is 12.2. The highest BCUT2D eigenvalue weighted by Gasteiger charge is 2.25. The van der Waals surface area contributed by atoms with Gasteiger partial charge in [-0.1, -0.05) is 32.9 Å². The monoisotopic (exact) mass is 515 g/mol. The number of benzene rings is 2. The van der Waals surface area contributed by atoms with Gasteiger partial charge < -0.3 is 30.0 Å². The molecule has 0 radical (unpaired) electrons. The Bertz CT molecular complexity index is 1520. The number of rotatable bonds is 7. The molecule has 0 aliphatic rings.